The lowest BCUT2D eigenvalue weighted by molar-refractivity contribution is -0.0403. The molecule has 0 aliphatic heterocycles. The Bertz CT molecular complexity index is 415. The molecule has 1 amide bonds. The maximum Gasteiger partial charge on any atom is 0.431 e. The van der Waals surface area contributed by atoms with Crippen molar-refractivity contribution in [3.05, 3.63) is 35.6 Å². The maximum absolute atomic E-state index is 12.8. The van der Waals surface area contributed by atoms with Crippen LogP contribution in [0.4, 0.5) is 9.18 Å². The van der Waals surface area contributed by atoms with Crippen LogP contribution in [0.3, 0.4) is 0 Å². The molecule has 0 fully saturated rings. The van der Waals surface area contributed by atoms with Gasteiger partial charge in [-0.15, -0.1) is 0 Å². The number of halogens is 1. The molecule has 0 heterocycles. The lowest BCUT2D eigenvalue weighted by Gasteiger charge is -2.21. The molecule has 0 spiro atoms. The zero-order valence-corrected chi connectivity index (χ0v) is 11.3. The molecule has 3 N–H and O–H groups in total. The van der Waals surface area contributed by atoms with Gasteiger partial charge >= 0.3 is 6.09 Å². The second kappa shape index (κ2) is 6.49. The maximum atomic E-state index is 12.8. The van der Waals surface area contributed by atoms with Gasteiger partial charge in [0.15, 0.2) is 0 Å². The van der Waals surface area contributed by atoms with Gasteiger partial charge in [-0.3, -0.25) is 4.84 Å². The highest BCUT2D eigenvalue weighted by Gasteiger charge is 2.18. The highest BCUT2D eigenvalue weighted by atomic mass is 19.1. The average Bonchev–Trinajstić information content (AvgIpc) is 2.29. The van der Waals surface area contributed by atoms with E-state index in [2.05, 4.69) is 5.48 Å². The number of rotatable bonds is 4. The fourth-order valence-electron chi connectivity index (χ4n) is 1.35. The number of hydrogen-bond acceptors (Lipinski definition) is 4. The van der Waals surface area contributed by atoms with Crippen molar-refractivity contribution in [1.82, 2.24) is 5.48 Å². The molecule has 106 valence electrons. The van der Waals surface area contributed by atoms with Crippen molar-refractivity contribution < 1.29 is 18.8 Å². The van der Waals surface area contributed by atoms with Crippen LogP contribution in [0.15, 0.2) is 24.3 Å². The molecule has 1 rings (SSSR count). The third-order valence-electron chi connectivity index (χ3n) is 2.14. The van der Waals surface area contributed by atoms with E-state index in [1.54, 1.807) is 32.9 Å². The summed E-state index contributed by atoms with van der Waals surface area (Å²) >= 11 is 0. The van der Waals surface area contributed by atoms with Crippen molar-refractivity contribution in [2.45, 2.75) is 32.5 Å². The molecule has 0 aliphatic rings. The fraction of sp³-hybridized carbons (Fsp3) is 0.462. The van der Waals surface area contributed by atoms with Gasteiger partial charge in [0.25, 0.3) is 0 Å². The third-order valence-corrected chi connectivity index (χ3v) is 2.14. The van der Waals surface area contributed by atoms with E-state index < -0.39 is 17.8 Å². The number of ether oxygens (including phenoxy) is 1. The molecule has 1 aromatic carbocycles. The molecule has 0 aromatic heterocycles. The van der Waals surface area contributed by atoms with Crippen LogP contribution >= 0.6 is 0 Å². The van der Waals surface area contributed by atoms with E-state index in [9.17, 15) is 9.18 Å². The van der Waals surface area contributed by atoms with Crippen LogP contribution in [0.1, 0.15) is 32.4 Å². The van der Waals surface area contributed by atoms with Crippen LogP contribution in [-0.4, -0.2) is 18.2 Å². The van der Waals surface area contributed by atoms with E-state index >= 15 is 0 Å². The normalized spacial score (nSPS) is 12.9. The first-order chi connectivity index (χ1) is 8.81. The molecule has 1 atom stereocenters. The monoisotopic (exact) mass is 270 g/mol. The molecule has 1 aromatic rings. The first kappa shape index (κ1) is 15.4. The van der Waals surface area contributed by atoms with Crippen molar-refractivity contribution in [1.29, 1.82) is 0 Å². The van der Waals surface area contributed by atoms with Gasteiger partial charge in [0, 0.05) is 6.54 Å². The molecule has 19 heavy (non-hydrogen) atoms. The standard InChI is InChI=1S/C13H19FN2O3/c1-13(2,3)18-12(17)16-19-11(8-15)9-4-6-10(14)7-5-9/h4-7,11H,8,15H2,1-3H3,(H,16,17). The summed E-state index contributed by atoms with van der Waals surface area (Å²) in [6.07, 6.45) is -1.26. The summed E-state index contributed by atoms with van der Waals surface area (Å²) in [5, 5.41) is 0. The Balaban J connectivity index is 2.54. The first-order valence-electron chi connectivity index (χ1n) is 5.92. The van der Waals surface area contributed by atoms with Gasteiger partial charge in [-0.2, -0.15) is 5.48 Å². The van der Waals surface area contributed by atoms with Crippen LogP contribution in [0.2, 0.25) is 0 Å². The van der Waals surface area contributed by atoms with Crippen molar-refractivity contribution in [2.24, 2.45) is 5.73 Å². The van der Waals surface area contributed by atoms with Gasteiger partial charge in [-0.25, -0.2) is 9.18 Å². The van der Waals surface area contributed by atoms with E-state index in [4.69, 9.17) is 15.3 Å². The zero-order valence-electron chi connectivity index (χ0n) is 11.3. The molecule has 5 nitrogen and oxygen atoms in total. The topological polar surface area (TPSA) is 73.6 Å². The largest absolute Gasteiger partial charge is 0.442 e. The Kier molecular flexibility index (Phi) is 5.26. The predicted octanol–water partition coefficient (Wildman–Crippen LogP) is 2.28. The molecule has 0 radical (unpaired) electrons. The van der Waals surface area contributed by atoms with E-state index in [1.807, 2.05) is 0 Å². The van der Waals surface area contributed by atoms with E-state index in [-0.39, 0.29) is 12.4 Å². The molecular weight excluding hydrogens is 251 g/mol. The number of nitrogens with one attached hydrogen (secondary N) is 1. The Hall–Kier alpha value is -1.66. The van der Waals surface area contributed by atoms with Crippen LogP contribution in [-0.2, 0) is 9.57 Å². The molecular formula is C13H19FN2O3. The fourth-order valence-corrected chi connectivity index (χ4v) is 1.35. The molecule has 0 aliphatic carbocycles. The van der Waals surface area contributed by atoms with E-state index in [0.29, 0.717) is 5.56 Å². The highest BCUT2D eigenvalue weighted by Crippen LogP contribution is 2.15. The number of carbonyl (C=O) groups is 1. The van der Waals surface area contributed by atoms with Crippen LogP contribution in [0.5, 0.6) is 0 Å². The van der Waals surface area contributed by atoms with Crippen molar-refractivity contribution in [3.8, 4) is 0 Å². The smallest absolute Gasteiger partial charge is 0.431 e. The highest BCUT2D eigenvalue weighted by molar-refractivity contribution is 5.66. The molecule has 0 saturated carbocycles. The summed E-state index contributed by atoms with van der Waals surface area (Å²) in [6, 6.07) is 5.69. The predicted molar refractivity (Wildman–Crippen MR) is 68.7 cm³/mol. The minimum Gasteiger partial charge on any atom is -0.442 e. The number of hydrogen-bond donors (Lipinski definition) is 2. The first-order valence-corrected chi connectivity index (χ1v) is 5.92. The SMILES string of the molecule is CC(C)(C)OC(=O)NOC(CN)c1ccc(F)cc1. The Morgan fingerprint density at radius 2 is 1.95 bits per heavy atom. The van der Waals surface area contributed by atoms with Crippen molar-refractivity contribution in [2.75, 3.05) is 6.54 Å². The van der Waals surface area contributed by atoms with Crippen LogP contribution in [0, 0.1) is 5.82 Å². The Labute approximate surface area is 111 Å². The second-order valence-electron chi connectivity index (χ2n) is 5.00. The Morgan fingerprint density at radius 1 is 1.37 bits per heavy atom. The van der Waals surface area contributed by atoms with Gasteiger partial charge in [-0.05, 0) is 38.5 Å². The van der Waals surface area contributed by atoms with Gasteiger partial charge in [0.05, 0.1) is 0 Å². The number of amides is 1. The molecule has 0 bridgehead atoms. The number of hydroxylamine groups is 1. The van der Waals surface area contributed by atoms with Gasteiger partial charge in [0.2, 0.25) is 0 Å². The summed E-state index contributed by atoms with van der Waals surface area (Å²) < 4.78 is 17.8. The summed E-state index contributed by atoms with van der Waals surface area (Å²) in [6.45, 7) is 5.37. The number of nitrogens with two attached hydrogens (primary N) is 1. The summed E-state index contributed by atoms with van der Waals surface area (Å²) in [7, 11) is 0. The van der Waals surface area contributed by atoms with E-state index in [0.717, 1.165) is 0 Å². The van der Waals surface area contributed by atoms with Crippen LogP contribution < -0.4 is 11.2 Å². The zero-order chi connectivity index (χ0) is 14.5. The number of carbonyl (C=O) groups excluding carboxylic acids is 1. The lowest BCUT2D eigenvalue weighted by atomic mass is 10.1. The minimum atomic E-state index is -0.701. The van der Waals surface area contributed by atoms with Gasteiger partial charge in [0.1, 0.15) is 17.5 Å². The average molecular weight is 270 g/mol. The summed E-state index contributed by atoms with van der Waals surface area (Å²) in [4.78, 5) is 16.6. The molecule has 0 saturated heterocycles. The van der Waals surface area contributed by atoms with Crippen molar-refractivity contribution >= 4 is 6.09 Å². The second-order valence-corrected chi connectivity index (χ2v) is 5.00. The molecule has 1 unspecified atom stereocenters. The van der Waals surface area contributed by atoms with E-state index in [1.165, 1.54) is 12.1 Å². The Morgan fingerprint density at radius 3 is 2.42 bits per heavy atom. The summed E-state index contributed by atoms with van der Waals surface area (Å²) in [5.41, 5.74) is 7.77. The van der Waals surface area contributed by atoms with Gasteiger partial charge < -0.3 is 10.5 Å². The summed E-state index contributed by atoms with van der Waals surface area (Å²) in [5.74, 6) is -0.348. The third kappa shape index (κ3) is 5.67. The molecule has 6 heteroatoms. The van der Waals surface area contributed by atoms with Crippen molar-refractivity contribution in [3.63, 3.8) is 0 Å². The quantitative estimate of drug-likeness (QED) is 0.823. The number of benzene rings is 1. The van der Waals surface area contributed by atoms with Crippen LogP contribution in [0.25, 0.3) is 0 Å². The minimum absolute atomic E-state index is 0.140. The van der Waals surface area contributed by atoms with Gasteiger partial charge in [-0.1, -0.05) is 12.1 Å². The lowest BCUT2D eigenvalue weighted by Crippen LogP contribution is -2.34.